The van der Waals surface area contributed by atoms with Crippen LogP contribution in [0.15, 0.2) is 60.7 Å². The summed E-state index contributed by atoms with van der Waals surface area (Å²) >= 11 is 4.78. The van der Waals surface area contributed by atoms with Gasteiger partial charge in [0.05, 0.1) is 17.0 Å². The number of hydrogen-bond acceptors (Lipinski definition) is 2. The number of nitrogens with one attached hydrogen (secondary N) is 2. The van der Waals surface area contributed by atoms with Crippen molar-refractivity contribution in [3.63, 3.8) is 0 Å². The maximum atomic E-state index is 5.19. The number of hydrogen-bond donors (Lipinski definition) is 2. The van der Waals surface area contributed by atoms with Crippen molar-refractivity contribution in [2.75, 3.05) is 5.32 Å². The van der Waals surface area contributed by atoms with Gasteiger partial charge in [-0.25, -0.2) is 4.98 Å². The summed E-state index contributed by atoms with van der Waals surface area (Å²) in [6.45, 7) is 2.24. The fraction of sp³-hybridized carbons (Fsp3) is 0.125. The number of benzene rings is 4. The van der Waals surface area contributed by atoms with E-state index in [0.717, 1.165) is 16.9 Å². The second-order valence-corrected chi connectivity index (χ2v) is 10.2. The number of aromatic nitrogens is 2. The van der Waals surface area contributed by atoms with Crippen LogP contribution in [0.3, 0.4) is 0 Å². The molecule has 1 aromatic heterocycles. The molecule has 5 heteroatoms. The van der Waals surface area contributed by atoms with E-state index in [1.807, 2.05) is 0 Å². The molecule has 0 amide bonds. The molecule has 1 aliphatic heterocycles. The van der Waals surface area contributed by atoms with Crippen molar-refractivity contribution in [3.8, 4) is 0 Å². The number of halogens is 2. The van der Waals surface area contributed by atoms with Gasteiger partial charge in [0.2, 0.25) is 0 Å². The van der Waals surface area contributed by atoms with Crippen molar-refractivity contribution in [3.05, 3.63) is 79.2 Å². The molecule has 2 N–H and O–H groups in total. The quantitative estimate of drug-likeness (QED) is 0.160. The van der Waals surface area contributed by atoms with Crippen LogP contribution in [0.5, 0.6) is 0 Å². The molecule has 2 atom stereocenters. The standard InChI is InChI=1S/C24H17I2N3/c1-12-21(17-4-2-3-5-20(17)27-12)24-28-22-18-10-13(25)6-8-15(18)16-9-7-14(26)11-19(16)23(22)29-24/h2-12,21,27H,1H3,(H,28,29). The number of nitrogens with zero attached hydrogens (tertiary/aromatic N) is 1. The first-order valence-corrected chi connectivity index (χ1v) is 11.8. The van der Waals surface area contributed by atoms with Crippen LogP contribution in [0.2, 0.25) is 0 Å². The number of imidazole rings is 1. The molecule has 6 rings (SSSR count). The average Bonchev–Trinajstić information content (AvgIpc) is 3.28. The lowest BCUT2D eigenvalue weighted by Crippen LogP contribution is -2.17. The lowest BCUT2D eigenvalue weighted by Gasteiger charge is -2.13. The predicted molar refractivity (Wildman–Crippen MR) is 138 cm³/mol. The summed E-state index contributed by atoms with van der Waals surface area (Å²) in [4.78, 5) is 8.93. The van der Waals surface area contributed by atoms with Crippen molar-refractivity contribution in [2.45, 2.75) is 18.9 Å². The third kappa shape index (κ3) is 2.70. The van der Waals surface area contributed by atoms with Crippen LogP contribution < -0.4 is 5.32 Å². The van der Waals surface area contributed by atoms with E-state index >= 15 is 0 Å². The van der Waals surface area contributed by atoms with Gasteiger partial charge in [0.25, 0.3) is 0 Å². The molecule has 2 unspecified atom stereocenters. The Bertz CT molecular complexity index is 1360. The first kappa shape index (κ1) is 17.9. The van der Waals surface area contributed by atoms with E-state index in [2.05, 4.69) is 123 Å². The molecule has 2 heterocycles. The molecule has 5 aromatic rings. The van der Waals surface area contributed by atoms with Crippen LogP contribution in [0.25, 0.3) is 32.6 Å². The maximum Gasteiger partial charge on any atom is 0.117 e. The van der Waals surface area contributed by atoms with E-state index in [4.69, 9.17) is 4.98 Å². The van der Waals surface area contributed by atoms with E-state index in [1.54, 1.807) is 0 Å². The minimum absolute atomic E-state index is 0.217. The molecular formula is C24H17I2N3. The molecule has 0 spiro atoms. The highest BCUT2D eigenvalue weighted by Gasteiger charge is 2.32. The first-order chi connectivity index (χ1) is 14.1. The molecule has 1 aliphatic rings. The number of rotatable bonds is 1. The average molecular weight is 601 g/mol. The first-order valence-electron chi connectivity index (χ1n) is 9.66. The van der Waals surface area contributed by atoms with Gasteiger partial charge in [-0.05, 0) is 98.8 Å². The summed E-state index contributed by atoms with van der Waals surface area (Å²) in [5, 5.41) is 8.62. The lowest BCUT2D eigenvalue weighted by atomic mass is 9.95. The molecule has 0 bridgehead atoms. The Balaban J connectivity index is 1.71. The molecule has 29 heavy (non-hydrogen) atoms. The molecule has 0 fully saturated rings. The fourth-order valence-corrected chi connectivity index (χ4v) is 5.70. The summed E-state index contributed by atoms with van der Waals surface area (Å²) in [5.74, 6) is 1.26. The maximum absolute atomic E-state index is 5.19. The molecule has 4 aromatic carbocycles. The van der Waals surface area contributed by atoms with Crippen molar-refractivity contribution in [1.29, 1.82) is 0 Å². The second-order valence-electron chi connectivity index (χ2n) is 7.72. The monoisotopic (exact) mass is 601 g/mol. The van der Waals surface area contributed by atoms with Gasteiger partial charge in [0.15, 0.2) is 0 Å². The van der Waals surface area contributed by atoms with Gasteiger partial charge in [0, 0.05) is 29.6 Å². The number of aromatic amines is 1. The highest BCUT2D eigenvalue weighted by atomic mass is 127. The SMILES string of the molecule is CC1Nc2ccccc2C1c1nc2c3cc(I)ccc3c3ccc(I)cc3c2[nH]1. The Kier molecular flexibility index (Phi) is 4.06. The van der Waals surface area contributed by atoms with Gasteiger partial charge in [-0.1, -0.05) is 30.3 Å². The summed E-state index contributed by atoms with van der Waals surface area (Å²) in [6.07, 6.45) is 0. The highest BCUT2D eigenvalue weighted by molar-refractivity contribution is 14.1. The lowest BCUT2D eigenvalue weighted by molar-refractivity contribution is 0.692. The van der Waals surface area contributed by atoms with Gasteiger partial charge < -0.3 is 10.3 Å². The Morgan fingerprint density at radius 1 is 0.828 bits per heavy atom. The van der Waals surface area contributed by atoms with E-state index in [1.165, 1.54) is 39.9 Å². The minimum atomic E-state index is 0.217. The zero-order chi connectivity index (χ0) is 19.7. The van der Waals surface area contributed by atoms with Gasteiger partial charge >= 0.3 is 0 Å². The van der Waals surface area contributed by atoms with E-state index < -0.39 is 0 Å². The van der Waals surface area contributed by atoms with Crippen molar-refractivity contribution in [2.24, 2.45) is 0 Å². The molecule has 3 nitrogen and oxygen atoms in total. The predicted octanol–water partition coefficient (Wildman–Crippen LogP) is 7.02. The Hall–Kier alpha value is -1.87. The molecule has 0 radical (unpaired) electrons. The Morgan fingerprint density at radius 3 is 2.31 bits per heavy atom. The summed E-state index contributed by atoms with van der Waals surface area (Å²) in [5.41, 5.74) is 4.74. The summed E-state index contributed by atoms with van der Waals surface area (Å²) < 4.78 is 2.46. The Labute approximate surface area is 195 Å². The zero-order valence-electron chi connectivity index (χ0n) is 15.6. The molecule has 142 valence electrons. The number of H-pyrrole nitrogens is 1. The number of anilines is 1. The molecule has 0 aliphatic carbocycles. The summed E-state index contributed by atoms with van der Waals surface area (Å²) in [6, 6.07) is 22.2. The fourth-order valence-electron chi connectivity index (χ4n) is 4.72. The van der Waals surface area contributed by atoms with Gasteiger partial charge in [-0.3, -0.25) is 0 Å². The van der Waals surface area contributed by atoms with Crippen molar-refractivity contribution < 1.29 is 0 Å². The van der Waals surface area contributed by atoms with E-state index in [-0.39, 0.29) is 5.92 Å². The Morgan fingerprint density at radius 2 is 1.52 bits per heavy atom. The van der Waals surface area contributed by atoms with Crippen LogP contribution in [0.4, 0.5) is 5.69 Å². The number of fused-ring (bicyclic) bond motifs is 7. The van der Waals surface area contributed by atoms with Gasteiger partial charge in [-0.15, -0.1) is 0 Å². The normalized spacial score (nSPS) is 18.4. The second kappa shape index (κ2) is 6.57. The van der Waals surface area contributed by atoms with Crippen LogP contribution >= 0.6 is 45.2 Å². The van der Waals surface area contributed by atoms with Crippen LogP contribution in [-0.2, 0) is 0 Å². The smallest absolute Gasteiger partial charge is 0.117 e. The minimum Gasteiger partial charge on any atom is -0.381 e. The third-order valence-corrected chi connectivity index (χ3v) is 7.32. The molecular weight excluding hydrogens is 584 g/mol. The largest absolute Gasteiger partial charge is 0.381 e. The number of para-hydroxylation sites is 1. The zero-order valence-corrected chi connectivity index (χ0v) is 19.9. The molecule has 0 saturated carbocycles. The van der Waals surface area contributed by atoms with Crippen molar-refractivity contribution in [1.82, 2.24) is 9.97 Å². The third-order valence-electron chi connectivity index (χ3n) is 5.97. The van der Waals surface area contributed by atoms with Crippen molar-refractivity contribution >= 4 is 83.4 Å². The van der Waals surface area contributed by atoms with Gasteiger partial charge in [0.1, 0.15) is 5.82 Å². The summed E-state index contributed by atoms with van der Waals surface area (Å²) in [7, 11) is 0. The van der Waals surface area contributed by atoms with Gasteiger partial charge in [-0.2, -0.15) is 0 Å². The van der Waals surface area contributed by atoms with E-state index in [9.17, 15) is 0 Å². The highest BCUT2D eigenvalue weighted by Crippen LogP contribution is 2.42. The van der Waals surface area contributed by atoms with Crippen LogP contribution in [-0.4, -0.2) is 16.0 Å². The van der Waals surface area contributed by atoms with Crippen LogP contribution in [0.1, 0.15) is 24.2 Å². The van der Waals surface area contributed by atoms with Crippen LogP contribution in [0, 0.1) is 7.14 Å². The molecule has 0 saturated heterocycles. The topological polar surface area (TPSA) is 40.7 Å². The van der Waals surface area contributed by atoms with E-state index in [0.29, 0.717) is 6.04 Å².